The molecule has 0 aromatic heterocycles. The highest BCUT2D eigenvalue weighted by Gasteiger charge is 2.27. The average Bonchev–Trinajstić information content (AvgIpc) is 2.84. The fourth-order valence-corrected chi connectivity index (χ4v) is 2.06. The highest BCUT2D eigenvalue weighted by Crippen LogP contribution is 2.29. The van der Waals surface area contributed by atoms with E-state index in [-0.39, 0.29) is 0 Å². The van der Waals surface area contributed by atoms with Gasteiger partial charge in [-0.05, 0) is 18.8 Å². The Bertz CT molecular complexity index is 248. The highest BCUT2D eigenvalue weighted by atomic mass is 32.2. The van der Waals surface area contributed by atoms with Crippen LogP contribution in [-0.4, -0.2) is 39.4 Å². The Morgan fingerprint density at radius 3 is 2.62 bits per heavy atom. The molecule has 0 radical (unpaired) electrons. The van der Waals surface area contributed by atoms with Crippen molar-refractivity contribution in [1.82, 2.24) is 9.03 Å². The number of nitrogens with two attached hydrogens (primary N) is 1. The van der Waals surface area contributed by atoms with Crippen molar-refractivity contribution in [3.05, 3.63) is 0 Å². The second-order valence-corrected chi connectivity index (χ2v) is 5.27. The van der Waals surface area contributed by atoms with Gasteiger partial charge in [-0.3, -0.25) is 0 Å². The summed E-state index contributed by atoms with van der Waals surface area (Å²) in [7, 11) is -1.68. The molecular weight excluding hydrogens is 190 g/mol. The predicted octanol–water partition coefficient (Wildman–Crippen LogP) is -0.879. The van der Waals surface area contributed by atoms with E-state index in [0.29, 0.717) is 25.6 Å². The first-order valence-electron chi connectivity index (χ1n) is 4.47. The van der Waals surface area contributed by atoms with Crippen molar-refractivity contribution in [2.45, 2.75) is 12.8 Å². The minimum Gasteiger partial charge on any atom is -0.329 e. The van der Waals surface area contributed by atoms with E-state index < -0.39 is 10.2 Å². The first-order chi connectivity index (χ1) is 6.06. The maximum Gasteiger partial charge on any atom is 0.279 e. The Balaban J connectivity index is 2.36. The highest BCUT2D eigenvalue weighted by molar-refractivity contribution is 7.87. The fourth-order valence-electron chi connectivity index (χ4n) is 1.06. The zero-order chi connectivity index (χ0) is 9.90. The largest absolute Gasteiger partial charge is 0.329 e. The Kier molecular flexibility index (Phi) is 3.66. The average molecular weight is 207 g/mol. The molecule has 78 valence electrons. The summed E-state index contributed by atoms with van der Waals surface area (Å²) < 4.78 is 26.6. The van der Waals surface area contributed by atoms with Crippen LogP contribution in [0.4, 0.5) is 0 Å². The third-order valence-electron chi connectivity index (χ3n) is 2.05. The molecule has 13 heavy (non-hydrogen) atoms. The molecule has 0 heterocycles. The fraction of sp³-hybridized carbons (Fsp3) is 1.00. The molecule has 6 heteroatoms. The van der Waals surface area contributed by atoms with E-state index in [2.05, 4.69) is 4.72 Å². The molecule has 1 aliphatic carbocycles. The van der Waals surface area contributed by atoms with Crippen molar-refractivity contribution in [3.63, 3.8) is 0 Å². The van der Waals surface area contributed by atoms with E-state index in [0.717, 1.165) is 12.8 Å². The van der Waals surface area contributed by atoms with Crippen LogP contribution in [0.2, 0.25) is 0 Å². The molecule has 3 N–H and O–H groups in total. The van der Waals surface area contributed by atoms with Gasteiger partial charge in [0.25, 0.3) is 10.2 Å². The summed E-state index contributed by atoms with van der Waals surface area (Å²) in [6.45, 7) is 1.26. The molecule has 0 aromatic carbocycles. The molecule has 1 rings (SSSR count). The molecular formula is C7H17N3O2S. The van der Waals surface area contributed by atoms with Crippen LogP contribution in [0.1, 0.15) is 12.8 Å². The standard InChI is InChI=1S/C7H17N3O2S/c1-10(6-7-2-3-7)13(11,12)9-5-4-8/h7,9H,2-6,8H2,1H3. The zero-order valence-electron chi connectivity index (χ0n) is 7.86. The van der Waals surface area contributed by atoms with Crippen LogP contribution in [0.3, 0.4) is 0 Å². The van der Waals surface area contributed by atoms with Gasteiger partial charge in [0.2, 0.25) is 0 Å². The van der Waals surface area contributed by atoms with Gasteiger partial charge >= 0.3 is 0 Å². The Morgan fingerprint density at radius 2 is 2.15 bits per heavy atom. The molecule has 0 bridgehead atoms. The van der Waals surface area contributed by atoms with Gasteiger partial charge in [-0.15, -0.1) is 0 Å². The minimum atomic E-state index is -3.27. The van der Waals surface area contributed by atoms with Gasteiger partial charge in [-0.1, -0.05) is 0 Å². The molecule has 1 aliphatic rings. The third kappa shape index (κ3) is 3.60. The van der Waals surface area contributed by atoms with Crippen LogP contribution in [0, 0.1) is 5.92 Å². The number of nitrogens with one attached hydrogen (secondary N) is 1. The van der Waals surface area contributed by atoms with Crippen molar-refractivity contribution in [1.29, 1.82) is 0 Å². The van der Waals surface area contributed by atoms with Crippen molar-refractivity contribution >= 4 is 10.2 Å². The maximum absolute atomic E-state index is 11.4. The first kappa shape index (κ1) is 10.9. The molecule has 0 unspecified atom stereocenters. The lowest BCUT2D eigenvalue weighted by Gasteiger charge is -2.16. The van der Waals surface area contributed by atoms with Crippen LogP contribution >= 0.6 is 0 Å². The van der Waals surface area contributed by atoms with Gasteiger partial charge < -0.3 is 5.73 Å². The lowest BCUT2D eigenvalue weighted by Crippen LogP contribution is -2.41. The van der Waals surface area contributed by atoms with Crippen molar-refractivity contribution < 1.29 is 8.42 Å². The normalized spacial score (nSPS) is 18.1. The SMILES string of the molecule is CN(CC1CC1)S(=O)(=O)NCCN. The molecule has 0 aromatic rings. The van der Waals surface area contributed by atoms with Crippen molar-refractivity contribution in [2.24, 2.45) is 11.7 Å². The number of hydrogen-bond acceptors (Lipinski definition) is 3. The molecule has 5 nitrogen and oxygen atoms in total. The monoisotopic (exact) mass is 207 g/mol. The second-order valence-electron chi connectivity index (χ2n) is 3.41. The third-order valence-corrected chi connectivity index (χ3v) is 3.59. The summed E-state index contributed by atoms with van der Waals surface area (Å²) in [6.07, 6.45) is 2.30. The van der Waals surface area contributed by atoms with E-state index in [4.69, 9.17) is 5.73 Å². The van der Waals surface area contributed by atoms with Crippen molar-refractivity contribution in [2.75, 3.05) is 26.7 Å². The molecule has 0 atom stereocenters. The van der Waals surface area contributed by atoms with Gasteiger partial charge in [0, 0.05) is 26.7 Å². The molecule has 0 spiro atoms. The minimum absolute atomic E-state index is 0.303. The van der Waals surface area contributed by atoms with E-state index in [1.807, 2.05) is 0 Å². The van der Waals surface area contributed by atoms with Crippen molar-refractivity contribution in [3.8, 4) is 0 Å². The summed E-state index contributed by atoms with van der Waals surface area (Å²) in [6, 6.07) is 0. The van der Waals surface area contributed by atoms with Crippen LogP contribution in [0.5, 0.6) is 0 Å². The molecule has 0 saturated heterocycles. The molecule has 0 amide bonds. The zero-order valence-corrected chi connectivity index (χ0v) is 8.68. The predicted molar refractivity (Wildman–Crippen MR) is 51.3 cm³/mol. The number of hydrogen-bond donors (Lipinski definition) is 2. The quantitative estimate of drug-likeness (QED) is 0.594. The Labute approximate surface area is 79.5 Å². The van der Waals surface area contributed by atoms with E-state index >= 15 is 0 Å². The molecule has 0 aliphatic heterocycles. The second kappa shape index (κ2) is 4.36. The lowest BCUT2D eigenvalue weighted by molar-refractivity contribution is 0.443. The summed E-state index contributed by atoms with van der Waals surface area (Å²) in [5.41, 5.74) is 5.20. The van der Waals surface area contributed by atoms with Crippen LogP contribution in [0.15, 0.2) is 0 Å². The smallest absolute Gasteiger partial charge is 0.279 e. The van der Waals surface area contributed by atoms with Gasteiger partial charge in [0.15, 0.2) is 0 Å². The summed E-state index contributed by atoms with van der Waals surface area (Å²) >= 11 is 0. The Hall–Kier alpha value is -0.170. The first-order valence-corrected chi connectivity index (χ1v) is 5.91. The summed E-state index contributed by atoms with van der Waals surface area (Å²) in [4.78, 5) is 0. The van der Waals surface area contributed by atoms with E-state index in [9.17, 15) is 8.42 Å². The number of nitrogens with zero attached hydrogens (tertiary/aromatic N) is 1. The molecule has 1 saturated carbocycles. The van der Waals surface area contributed by atoms with Crippen LogP contribution in [-0.2, 0) is 10.2 Å². The Morgan fingerprint density at radius 1 is 1.54 bits per heavy atom. The lowest BCUT2D eigenvalue weighted by atomic mass is 10.4. The van der Waals surface area contributed by atoms with Crippen LogP contribution in [0.25, 0.3) is 0 Å². The maximum atomic E-state index is 11.4. The van der Waals surface area contributed by atoms with Gasteiger partial charge in [0.05, 0.1) is 0 Å². The summed E-state index contributed by atoms with van der Waals surface area (Å²) in [5, 5.41) is 0. The van der Waals surface area contributed by atoms with E-state index in [1.54, 1.807) is 7.05 Å². The van der Waals surface area contributed by atoms with Gasteiger partial charge in [0.1, 0.15) is 0 Å². The topological polar surface area (TPSA) is 75.4 Å². The van der Waals surface area contributed by atoms with Gasteiger partial charge in [-0.25, -0.2) is 4.72 Å². The van der Waals surface area contributed by atoms with Crippen LogP contribution < -0.4 is 10.5 Å². The van der Waals surface area contributed by atoms with Gasteiger partial charge in [-0.2, -0.15) is 12.7 Å². The van der Waals surface area contributed by atoms with E-state index in [1.165, 1.54) is 4.31 Å². The molecule has 1 fully saturated rings. The number of rotatable bonds is 6. The summed E-state index contributed by atoms with van der Waals surface area (Å²) in [5.74, 6) is 0.569.